The van der Waals surface area contributed by atoms with Crippen molar-refractivity contribution in [1.29, 1.82) is 0 Å². The molecule has 1 aliphatic heterocycles. The zero-order chi connectivity index (χ0) is 12.5. The summed E-state index contributed by atoms with van der Waals surface area (Å²) in [5, 5.41) is 8.01. The van der Waals surface area contributed by atoms with Crippen LogP contribution in [0.15, 0.2) is 29.0 Å². The number of hydrogen-bond donors (Lipinski definition) is 0. The Kier molecular flexibility index (Phi) is 2.87. The second kappa shape index (κ2) is 4.53. The highest BCUT2D eigenvalue weighted by Crippen LogP contribution is 2.29. The minimum absolute atomic E-state index is 0.672. The van der Waals surface area contributed by atoms with Crippen LogP contribution in [0.3, 0.4) is 0 Å². The highest BCUT2D eigenvalue weighted by Gasteiger charge is 2.19. The van der Waals surface area contributed by atoms with Gasteiger partial charge in [0, 0.05) is 23.1 Å². The molecule has 2 heterocycles. The molecule has 0 aliphatic carbocycles. The fraction of sp³-hybridized carbons (Fsp3) is 0.250. The summed E-state index contributed by atoms with van der Waals surface area (Å²) in [6.45, 7) is 2.52. The number of halogens is 1. The monoisotopic (exact) mass is 306 g/mol. The highest BCUT2D eigenvalue weighted by atomic mass is 79.9. The SMILES string of the molecule is O=Cc1ccc(N2CCn3cnnc3C2)c(Br)c1. The van der Waals surface area contributed by atoms with Gasteiger partial charge in [-0.2, -0.15) is 0 Å². The third-order valence-electron chi connectivity index (χ3n) is 3.09. The van der Waals surface area contributed by atoms with Crippen molar-refractivity contribution in [2.24, 2.45) is 0 Å². The normalized spacial score (nSPS) is 14.4. The Morgan fingerprint density at radius 2 is 2.22 bits per heavy atom. The number of rotatable bonds is 2. The predicted molar refractivity (Wildman–Crippen MR) is 70.6 cm³/mol. The van der Waals surface area contributed by atoms with Gasteiger partial charge in [-0.1, -0.05) is 0 Å². The Bertz CT molecular complexity index is 596. The first-order valence-electron chi connectivity index (χ1n) is 5.64. The molecule has 0 radical (unpaired) electrons. The topological polar surface area (TPSA) is 51.0 Å². The molecule has 5 nitrogen and oxygen atoms in total. The second-order valence-corrected chi connectivity index (χ2v) is 5.05. The lowest BCUT2D eigenvalue weighted by atomic mass is 10.2. The zero-order valence-corrected chi connectivity index (χ0v) is 11.2. The summed E-state index contributed by atoms with van der Waals surface area (Å²) in [6.07, 6.45) is 2.61. The molecule has 1 aliphatic rings. The number of anilines is 1. The van der Waals surface area contributed by atoms with Crippen molar-refractivity contribution < 1.29 is 4.79 Å². The van der Waals surface area contributed by atoms with E-state index in [9.17, 15) is 4.79 Å². The molecule has 1 aromatic heterocycles. The Morgan fingerprint density at radius 3 is 3.00 bits per heavy atom. The average Bonchev–Trinajstić information content (AvgIpc) is 2.85. The summed E-state index contributed by atoms with van der Waals surface area (Å²) in [5.74, 6) is 0.965. The van der Waals surface area contributed by atoms with Crippen molar-refractivity contribution in [3.63, 3.8) is 0 Å². The van der Waals surface area contributed by atoms with E-state index >= 15 is 0 Å². The van der Waals surface area contributed by atoms with E-state index in [1.807, 2.05) is 18.2 Å². The molecule has 0 fully saturated rings. The first-order chi connectivity index (χ1) is 8.78. The van der Waals surface area contributed by atoms with Crippen molar-refractivity contribution in [2.75, 3.05) is 11.4 Å². The van der Waals surface area contributed by atoms with Crippen LogP contribution in [-0.4, -0.2) is 27.6 Å². The standard InChI is InChI=1S/C12H11BrN4O/c13-10-5-9(7-18)1-2-11(10)16-3-4-17-8-14-15-12(17)6-16/h1-2,5,7-8H,3-4,6H2. The van der Waals surface area contributed by atoms with E-state index in [-0.39, 0.29) is 0 Å². The zero-order valence-electron chi connectivity index (χ0n) is 9.58. The van der Waals surface area contributed by atoms with E-state index in [1.165, 1.54) is 0 Å². The maximum Gasteiger partial charge on any atom is 0.152 e. The fourth-order valence-electron chi connectivity index (χ4n) is 2.12. The van der Waals surface area contributed by atoms with E-state index in [4.69, 9.17) is 0 Å². The van der Waals surface area contributed by atoms with E-state index in [0.29, 0.717) is 5.56 Å². The summed E-state index contributed by atoms with van der Waals surface area (Å²) in [6, 6.07) is 5.62. The molecule has 0 atom stereocenters. The van der Waals surface area contributed by atoms with Gasteiger partial charge >= 0.3 is 0 Å². The molecule has 1 aromatic carbocycles. The number of benzene rings is 1. The third-order valence-corrected chi connectivity index (χ3v) is 3.72. The van der Waals surface area contributed by atoms with Gasteiger partial charge in [-0.25, -0.2) is 0 Å². The smallest absolute Gasteiger partial charge is 0.152 e. The Morgan fingerprint density at radius 1 is 1.33 bits per heavy atom. The number of hydrogen-bond acceptors (Lipinski definition) is 4. The van der Waals surface area contributed by atoms with E-state index < -0.39 is 0 Å². The summed E-state index contributed by atoms with van der Waals surface area (Å²) >= 11 is 3.51. The van der Waals surface area contributed by atoms with Gasteiger partial charge in [-0.3, -0.25) is 4.79 Å². The molecule has 3 rings (SSSR count). The molecule has 0 unspecified atom stereocenters. The van der Waals surface area contributed by atoms with Crippen LogP contribution in [0.1, 0.15) is 16.2 Å². The lowest BCUT2D eigenvalue weighted by Crippen LogP contribution is -2.33. The van der Waals surface area contributed by atoms with Crippen molar-refractivity contribution in [3.8, 4) is 0 Å². The minimum Gasteiger partial charge on any atom is -0.361 e. The van der Waals surface area contributed by atoms with E-state index in [1.54, 1.807) is 6.33 Å². The van der Waals surface area contributed by atoms with Crippen LogP contribution in [0, 0.1) is 0 Å². The first-order valence-corrected chi connectivity index (χ1v) is 6.43. The molecule has 0 amide bonds. The molecule has 6 heteroatoms. The van der Waals surface area contributed by atoms with E-state index in [2.05, 4.69) is 35.6 Å². The summed E-state index contributed by atoms with van der Waals surface area (Å²) in [5.41, 5.74) is 1.75. The molecule has 0 saturated heterocycles. The number of aldehydes is 1. The maximum absolute atomic E-state index is 10.7. The summed E-state index contributed by atoms with van der Waals surface area (Å²) in [7, 11) is 0. The van der Waals surface area contributed by atoms with Crippen molar-refractivity contribution >= 4 is 27.9 Å². The van der Waals surface area contributed by atoms with Gasteiger partial charge in [0.2, 0.25) is 0 Å². The molecular formula is C12H11BrN4O. The van der Waals surface area contributed by atoms with Crippen LogP contribution in [0.25, 0.3) is 0 Å². The lowest BCUT2D eigenvalue weighted by molar-refractivity contribution is 0.112. The molecule has 0 spiro atoms. The van der Waals surface area contributed by atoms with E-state index in [0.717, 1.165) is 41.9 Å². The molecule has 0 N–H and O–H groups in total. The summed E-state index contributed by atoms with van der Waals surface area (Å²) < 4.78 is 2.99. The predicted octanol–water partition coefficient (Wildman–Crippen LogP) is 1.87. The second-order valence-electron chi connectivity index (χ2n) is 4.19. The van der Waals surface area contributed by atoms with Gasteiger partial charge < -0.3 is 9.47 Å². The number of carbonyl (C=O) groups is 1. The molecule has 0 saturated carbocycles. The first kappa shape index (κ1) is 11.4. The summed E-state index contributed by atoms with van der Waals surface area (Å²) in [4.78, 5) is 12.9. The molecule has 18 heavy (non-hydrogen) atoms. The van der Waals surface area contributed by atoms with Crippen molar-refractivity contribution in [1.82, 2.24) is 14.8 Å². The van der Waals surface area contributed by atoms with Gasteiger partial charge in [0.05, 0.1) is 12.2 Å². The number of aromatic nitrogens is 3. The van der Waals surface area contributed by atoms with Crippen LogP contribution in [0.2, 0.25) is 0 Å². The van der Waals surface area contributed by atoms with Crippen LogP contribution in [0.5, 0.6) is 0 Å². The molecule has 2 aromatic rings. The van der Waals surface area contributed by atoms with Gasteiger partial charge in [-0.05, 0) is 34.1 Å². The van der Waals surface area contributed by atoms with Gasteiger partial charge in [0.1, 0.15) is 12.6 Å². The largest absolute Gasteiger partial charge is 0.361 e. The lowest BCUT2D eigenvalue weighted by Gasteiger charge is -2.29. The van der Waals surface area contributed by atoms with Crippen LogP contribution < -0.4 is 4.90 Å². The average molecular weight is 307 g/mol. The third kappa shape index (κ3) is 1.92. The Hall–Kier alpha value is -1.69. The number of fused-ring (bicyclic) bond motifs is 1. The number of nitrogens with zero attached hydrogens (tertiary/aromatic N) is 4. The Labute approximate surface area is 113 Å². The minimum atomic E-state index is 0.672. The van der Waals surface area contributed by atoms with Gasteiger partial charge in [-0.15, -0.1) is 10.2 Å². The Balaban J connectivity index is 1.90. The maximum atomic E-state index is 10.7. The molecular weight excluding hydrogens is 296 g/mol. The fourth-order valence-corrected chi connectivity index (χ4v) is 2.77. The molecule has 92 valence electrons. The van der Waals surface area contributed by atoms with Gasteiger partial charge in [0.15, 0.2) is 5.82 Å². The van der Waals surface area contributed by atoms with Gasteiger partial charge in [0.25, 0.3) is 0 Å². The van der Waals surface area contributed by atoms with Crippen LogP contribution in [0.4, 0.5) is 5.69 Å². The molecule has 0 bridgehead atoms. The highest BCUT2D eigenvalue weighted by molar-refractivity contribution is 9.10. The van der Waals surface area contributed by atoms with Crippen LogP contribution >= 0.6 is 15.9 Å². The van der Waals surface area contributed by atoms with Crippen molar-refractivity contribution in [2.45, 2.75) is 13.1 Å². The number of carbonyl (C=O) groups excluding carboxylic acids is 1. The quantitative estimate of drug-likeness (QED) is 0.795. The van der Waals surface area contributed by atoms with Crippen LogP contribution in [-0.2, 0) is 13.1 Å². The van der Waals surface area contributed by atoms with Crippen molar-refractivity contribution in [3.05, 3.63) is 40.4 Å².